The standard InChI is InChI=1S/C12H12N4O2/c13-9-4-1-2-5-10(9)15-11(17)8-16-7-3-6-14-12(16)18/h1-7H,8,13H2,(H,15,17). The number of nitrogens with zero attached hydrogens (tertiary/aromatic N) is 2. The van der Waals surface area contributed by atoms with Crippen LogP contribution in [0.4, 0.5) is 11.4 Å². The molecule has 2 rings (SSSR count). The quantitative estimate of drug-likeness (QED) is 0.768. The van der Waals surface area contributed by atoms with Gasteiger partial charge in [-0.15, -0.1) is 0 Å². The van der Waals surface area contributed by atoms with E-state index in [9.17, 15) is 9.59 Å². The summed E-state index contributed by atoms with van der Waals surface area (Å²) in [6.45, 7) is -0.0962. The Labute approximate surface area is 103 Å². The van der Waals surface area contributed by atoms with Crippen molar-refractivity contribution in [3.05, 3.63) is 53.2 Å². The van der Waals surface area contributed by atoms with Crippen LogP contribution in [0.3, 0.4) is 0 Å². The minimum atomic E-state index is -0.464. The molecule has 18 heavy (non-hydrogen) atoms. The van der Waals surface area contributed by atoms with Crippen LogP contribution in [0.2, 0.25) is 0 Å². The van der Waals surface area contributed by atoms with Gasteiger partial charge in [0, 0.05) is 12.4 Å². The number of hydrogen-bond donors (Lipinski definition) is 2. The molecule has 0 aliphatic rings. The highest BCUT2D eigenvalue weighted by Crippen LogP contribution is 2.16. The molecule has 1 amide bonds. The van der Waals surface area contributed by atoms with Crippen molar-refractivity contribution in [2.75, 3.05) is 11.1 Å². The zero-order valence-electron chi connectivity index (χ0n) is 9.54. The number of hydrogen-bond acceptors (Lipinski definition) is 4. The average Bonchev–Trinajstić information content (AvgIpc) is 2.35. The van der Waals surface area contributed by atoms with E-state index in [0.717, 1.165) is 0 Å². The number of amides is 1. The highest BCUT2D eigenvalue weighted by atomic mass is 16.2. The van der Waals surface area contributed by atoms with Crippen LogP contribution >= 0.6 is 0 Å². The normalized spacial score (nSPS) is 10.0. The van der Waals surface area contributed by atoms with E-state index in [-0.39, 0.29) is 12.5 Å². The third-order valence-corrected chi connectivity index (χ3v) is 2.33. The Hall–Kier alpha value is -2.63. The van der Waals surface area contributed by atoms with Crippen molar-refractivity contribution >= 4 is 17.3 Å². The number of carbonyl (C=O) groups excluding carboxylic acids is 1. The first-order chi connectivity index (χ1) is 8.66. The Morgan fingerprint density at radius 3 is 2.83 bits per heavy atom. The molecule has 0 unspecified atom stereocenters. The van der Waals surface area contributed by atoms with Gasteiger partial charge in [0.25, 0.3) is 0 Å². The van der Waals surface area contributed by atoms with Gasteiger partial charge in [-0.3, -0.25) is 9.36 Å². The maximum absolute atomic E-state index is 11.7. The second-order valence-corrected chi connectivity index (χ2v) is 3.67. The van der Waals surface area contributed by atoms with Crippen LogP contribution in [-0.4, -0.2) is 15.5 Å². The molecule has 3 N–H and O–H groups in total. The van der Waals surface area contributed by atoms with E-state index in [0.29, 0.717) is 11.4 Å². The maximum atomic E-state index is 11.7. The summed E-state index contributed by atoms with van der Waals surface area (Å²) < 4.78 is 1.22. The monoisotopic (exact) mass is 244 g/mol. The summed E-state index contributed by atoms with van der Waals surface area (Å²) in [6, 6.07) is 8.51. The predicted molar refractivity (Wildman–Crippen MR) is 68.0 cm³/mol. The Kier molecular flexibility index (Phi) is 3.38. The summed E-state index contributed by atoms with van der Waals surface area (Å²) >= 11 is 0. The minimum Gasteiger partial charge on any atom is -0.397 e. The molecule has 0 aliphatic carbocycles. The summed E-state index contributed by atoms with van der Waals surface area (Å²) in [5, 5.41) is 2.63. The number of nitrogens with one attached hydrogen (secondary N) is 1. The molecule has 0 radical (unpaired) electrons. The van der Waals surface area contributed by atoms with Gasteiger partial charge in [0.05, 0.1) is 11.4 Å². The molecular weight excluding hydrogens is 232 g/mol. The van der Waals surface area contributed by atoms with Crippen molar-refractivity contribution in [3.8, 4) is 0 Å². The van der Waals surface area contributed by atoms with Gasteiger partial charge in [-0.1, -0.05) is 12.1 Å². The fourth-order valence-corrected chi connectivity index (χ4v) is 1.46. The third kappa shape index (κ3) is 2.73. The van der Waals surface area contributed by atoms with E-state index >= 15 is 0 Å². The van der Waals surface area contributed by atoms with Crippen LogP contribution in [0.25, 0.3) is 0 Å². The first-order valence-electron chi connectivity index (χ1n) is 5.32. The first kappa shape index (κ1) is 11.8. The zero-order valence-corrected chi connectivity index (χ0v) is 9.54. The lowest BCUT2D eigenvalue weighted by Crippen LogP contribution is -2.28. The molecule has 0 saturated carbocycles. The topological polar surface area (TPSA) is 90.0 Å². The zero-order chi connectivity index (χ0) is 13.0. The van der Waals surface area contributed by atoms with Crippen molar-refractivity contribution in [3.63, 3.8) is 0 Å². The molecular formula is C12H12N4O2. The van der Waals surface area contributed by atoms with Crippen LogP contribution in [0.5, 0.6) is 0 Å². The molecule has 0 spiro atoms. The van der Waals surface area contributed by atoms with Gasteiger partial charge >= 0.3 is 5.69 Å². The lowest BCUT2D eigenvalue weighted by molar-refractivity contribution is -0.116. The van der Waals surface area contributed by atoms with E-state index in [2.05, 4.69) is 10.3 Å². The maximum Gasteiger partial charge on any atom is 0.347 e. The fourth-order valence-electron chi connectivity index (χ4n) is 1.46. The van der Waals surface area contributed by atoms with Crippen LogP contribution < -0.4 is 16.7 Å². The van der Waals surface area contributed by atoms with Crippen molar-refractivity contribution < 1.29 is 4.79 Å². The largest absolute Gasteiger partial charge is 0.397 e. The number of aromatic nitrogens is 2. The Morgan fingerprint density at radius 1 is 1.33 bits per heavy atom. The summed E-state index contributed by atoms with van der Waals surface area (Å²) in [7, 11) is 0. The Morgan fingerprint density at radius 2 is 2.11 bits per heavy atom. The molecule has 92 valence electrons. The van der Waals surface area contributed by atoms with Gasteiger partial charge in [-0.2, -0.15) is 0 Å². The molecule has 1 aromatic carbocycles. The average molecular weight is 244 g/mol. The highest BCUT2D eigenvalue weighted by molar-refractivity contribution is 5.93. The van der Waals surface area contributed by atoms with Gasteiger partial charge in [0.2, 0.25) is 5.91 Å². The summed E-state index contributed by atoms with van der Waals surface area (Å²) in [5.74, 6) is -0.331. The summed E-state index contributed by atoms with van der Waals surface area (Å²) in [5.41, 5.74) is 6.24. The van der Waals surface area contributed by atoms with Crippen molar-refractivity contribution in [2.24, 2.45) is 0 Å². The molecule has 0 atom stereocenters. The van der Waals surface area contributed by atoms with Gasteiger partial charge in [-0.25, -0.2) is 9.78 Å². The van der Waals surface area contributed by atoms with Crippen LogP contribution in [0.1, 0.15) is 0 Å². The van der Waals surface area contributed by atoms with Gasteiger partial charge in [-0.05, 0) is 18.2 Å². The number of rotatable bonds is 3. The molecule has 1 heterocycles. The number of para-hydroxylation sites is 2. The fraction of sp³-hybridized carbons (Fsp3) is 0.0833. The highest BCUT2D eigenvalue weighted by Gasteiger charge is 2.06. The van der Waals surface area contributed by atoms with Gasteiger partial charge in [0.1, 0.15) is 6.54 Å². The number of nitrogens with two attached hydrogens (primary N) is 1. The van der Waals surface area contributed by atoms with E-state index < -0.39 is 5.69 Å². The van der Waals surface area contributed by atoms with E-state index in [1.807, 2.05) is 0 Å². The SMILES string of the molecule is Nc1ccccc1NC(=O)Cn1cccnc1=O. The summed E-state index contributed by atoms with van der Waals surface area (Å²) in [6.07, 6.45) is 2.88. The van der Waals surface area contributed by atoms with E-state index in [1.54, 1.807) is 30.3 Å². The third-order valence-electron chi connectivity index (χ3n) is 2.33. The Balaban J connectivity index is 2.09. The number of nitrogen functional groups attached to an aromatic ring is 1. The Bertz CT molecular complexity index is 621. The number of carbonyl (C=O) groups is 1. The van der Waals surface area contributed by atoms with Gasteiger partial charge < -0.3 is 11.1 Å². The van der Waals surface area contributed by atoms with Crippen LogP contribution in [-0.2, 0) is 11.3 Å². The van der Waals surface area contributed by atoms with E-state index in [4.69, 9.17) is 5.73 Å². The van der Waals surface area contributed by atoms with Crippen molar-refractivity contribution in [1.29, 1.82) is 0 Å². The lowest BCUT2D eigenvalue weighted by atomic mass is 10.2. The van der Waals surface area contributed by atoms with Crippen molar-refractivity contribution in [2.45, 2.75) is 6.54 Å². The van der Waals surface area contributed by atoms with E-state index in [1.165, 1.54) is 17.0 Å². The molecule has 6 heteroatoms. The molecule has 0 fully saturated rings. The lowest BCUT2D eigenvalue weighted by Gasteiger charge is -2.08. The smallest absolute Gasteiger partial charge is 0.347 e. The molecule has 2 aromatic rings. The van der Waals surface area contributed by atoms with Crippen LogP contribution in [0, 0.1) is 0 Å². The first-order valence-corrected chi connectivity index (χ1v) is 5.32. The molecule has 0 bridgehead atoms. The van der Waals surface area contributed by atoms with Gasteiger partial charge in [0.15, 0.2) is 0 Å². The second kappa shape index (κ2) is 5.13. The molecule has 6 nitrogen and oxygen atoms in total. The van der Waals surface area contributed by atoms with Crippen LogP contribution in [0.15, 0.2) is 47.5 Å². The second-order valence-electron chi connectivity index (χ2n) is 3.67. The molecule has 1 aromatic heterocycles. The number of benzene rings is 1. The summed E-state index contributed by atoms with van der Waals surface area (Å²) in [4.78, 5) is 26.6. The minimum absolute atomic E-state index is 0.0962. The van der Waals surface area contributed by atoms with Crippen molar-refractivity contribution in [1.82, 2.24) is 9.55 Å². The number of anilines is 2. The molecule has 0 aliphatic heterocycles. The predicted octanol–water partition coefficient (Wildman–Crippen LogP) is 0.464. The molecule has 0 saturated heterocycles.